The Morgan fingerprint density at radius 2 is 1.71 bits per heavy atom. The fourth-order valence-electron chi connectivity index (χ4n) is 4.66. The van der Waals surface area contributed by atoms with E-state index in [1.807, 2.05) is 54.6 Å². The van der Waals surface area contributed by atoms with Gasteiger partial charge in [-0.15, -0.1) is 0 Å². The van der Waals surface area contributed by atoms with E-state index in [1.54, 1.807) is 43.3 Å². The summed E-state index contributed by atoms with van der Waals surface area (Å²) in [5, 5.41) is 0.506. The molecule has 0 bridgehead atoms. The van der Waals surface area contributed by atoms with Crippen LogP contribution < -0.4 is 31.6 Å². The Hall–Kier alpha value is -4.43. The van der Waals surface area contributed by atoms with Crippen LogP contribution in [0.25, 0.3) is 11.6 Å². The maximum Gasteiger partial charge on any atom is 0.274 e. The summed E-state index contributed by atoms with van der Waals surface area (Å²) in [7, 11) is 3.34. The van der Waals surface area contributed by atoms with Crippen LogP contribution in [0.3, 0.4) is 0 Å². The summed E-state index contributed by atoms with van der Waals surface area (Å²) in [6, 6.07) is 17.3. The first-order valence-corrected chi connectivity index (χ1v) is 12.6. The minimum absolute atomic E-state index is 0.145. The fourth-order valence-corrected chi connectivity index (χ4v) is 4.66. The molecule has 3 aromatic rings. The molecule has 1 fully saturated rings. The van der Waals surface area contributed by atoms with Gasteiger partial charge in [-0.3, -0.25) is 14.4 Å². The Labute approximate surface area is 220 Å². The molecule has 1 aliphatic heterocycles. The van der Waals surface area contributed by atoms with Crippen molar-refractivity contribution in [2.45, 2.75) is 6.42 Å². The van der Waals surface area contributed by atoms with Crippen molar-refractivity contribution in [1.29, 1.82) is 0 Å². The first-order valence-electron chi connectivity index (χ1n) is 12.6. The number of morpholine rings is 1. The molecule has 1 N–H and O–H groups in total. The summed E-state index contributed by atoms with van der Waals surface area (Å²) >= 11 is 0. The molecule has 2 heterocycles. The number of hydrogen-bond donors (Lipinski definition) is 1. The summed E-state index contributed by atoms with van der Waals surface area (Å²) < 4.78 is 6.78. The number of amides is 1. The van der Waals surface area contributed by atoms with Crippen molar-refractivity contribution in [2.24, 2.45) is 7.05 Å². The lowest BCUT2D eigenvalue weighted by molar-refractivity contribution is -0.114. The van der Waals surface area contributed by atoms with Crippen LogP contribution in [0.4, 0.5) is 11.4 Å². The number of rotatable bonds is 4. The third kappa shape index (κ3) is 5.17. The molecule has 0 atom stereocenters. The van der Waals surface area contributed by atoms with Crippen LogP contribution in [0.15, 0.2) is 88.0 Å². The predicted molar refractivity (Wildman–Crippen MR) is 150 cm³/mol. The van der Waals surface area contributed by atoms with Crippen LogP contribution in [-0.4, -0.2) is 48.8 Å². The third-order valence-corrected chi connectivity index (χ3v) is 6.95. The second kappa shape index (κ2) is 10.9. The van der Waals surface area contributed by atoms with E-state index in [2.05, 4.69) is 9.88 Å². The minimum Gasteiger partial charge on any atom is -0.378 e. The lowest BCUT2D eigenvalue weighted by Gasteiger charge is -2.29. The van der Waals surface area contributed by atoms with Gasteiger partial charge in [-0.1, -0.05) is 42.5 Å². The van der Waals surface area contributed by atoms with Gasteiger partial charge in [-0.2, -0.15) is 0 Å². The summed E-state index contributed by atoms with van der Waals surface area (Å²) in [5.74, 6) is -0.145. The second-order valence-electron chi connectivity index (χ2n) is 9.34. The van der Waals surface area contributed by atoms with Gasteiger partial charge in [0.1, 0.15) is 10.7 Å². The second-order valence-corrected chi connectivity index (χ2v) is 9.34. The van der Waals surface area contributed by atoms with Gasteiger partial charge in [0.2, 0.25) is 0 Å². The van der Waals surface area contributed by atoms with E-state index in [-0.39, 0.29) is 27.7 Å². The smallest absolute Gasteiger partial charge is 0.274 e. The Bertz CT molecular complexity index is 1640. The lowest BCUT2D eigenvalue weighted by Crippen LogP contribution is -2.52. The molecule has 0 unspecified atom stereocenters. The highest BCUT2D eigenvalue weighted by Gasteiger charge is 2.18. The van der Waals surface area contributed by atoms with Crippen LogP contribution in [0.1, 0.15) is 12.0 Å². The highest BCUT2D eigenvalue weighted by atomic mass is 16.5. The topological polar surface area (TPSA) is 87.6 Å². The average molecular weight is 511 g/mol. The highest BCUT2D eigenvalue weighted by Crippen LogP contribution is 2.23. The van der Waals surface area contributed by atoms with Crippen molar-refractivity contribution < 1.29 is 9.53 Å². The van der Waals surface area contributed by atoms with Crippen molar-refractivity contribution in [3.05, 3.63) is 115 Å². The minimum atomic E-state index is -0.349. The molecule has 8 nitrogen and oxygen atoms in total. The Balaban J connectivity index is 1.36. The normalized spacial score (nSPS) is 17.4. The van der Waals surface area contributed by atoms with Crippen LogP contribution in [-0.2, 0) is 16.6 Å². The molecule has 0 saturated carbocycles. The summed E-state index contributed by atoms with van der Waals surface area (Å²) in [4.78, 5) is 45.7. The number of allylic oxidation sites excluding steroid dienone is 2. The molecule has 1 amide bonds. The van der Waals surface area contributed by atoms with E-state index in [9.17, 15) is 14.4 Å². The number of nitrogens with one attached hydrogen (secondary N) is 1. The number of nitrogens with zero attached hydrogens (tertiary/aromatic N) is 3. The lowest BCUT2D eigenvalue weighted by atomic mass is 10.0. The first kappa shape index (κ1) is 25.2. The van der Waals surface area contributed by atoms with Crippen molar-refractivity contribution in [1.82, 2.24) is 9.55 Å². The van der Waals surface area contributed by atoms with Gasteiger partial charge in [-0.05, 0) is 54.0 Å². The van der Waals surface area contributed by atoms with Crippen LogP contribution in [0.5, 0.6) is 0 Å². The van der Waals surface area contributed by atoms with Gasteiger partial charge in [0, 0.05) is 44.1 Å². The van der Waals surface area contributed by atoms with Gasteiger partial charge in [0.05, 0.1) is 13.2 Å². The molecule has 8 heteroatoms. The zero-order chi connectivity index (χ0) is 26.6. The van der Waals surface area contributed by atoms with Crippen molar-refractivity contribution >= 4 is 28.9 Å². The predicted octanol–water partition coefficient (Wildman–Crippen LogP) is 1.44. The SMILES string of the molecule is CN(C(=O)C1=CC/C(=c2/[nH]c(=O)/c(=C/c3ccccc3)n(C)c2=O)C=C1)c1ccc(N2CCOCC2)cc1. The first-order chi connectivity index (χ1) is 18.4. The number of carbonyl (C=O) groups is 1. The number of likely N-dealkylation sites (N-methyl/N-ethyl adjacent to an activating group) is 1. The Morgan fingerprint density at radius 1 is 1.00 bits per heavy atom. The van der Waals surface area contributed by atoms with Crippen LogP contribution in [0.2, 0.25) is 0 Å². The summed E-state index contributed by atoms with van der Waals surface area (Å²) in [6.45, 7) is 3.14. The van der Waals surface area contributed by atoms with E-state index in [1.165, 1.54) is 4.57 Å². The molecule has 194 valence electrons. The maximum absolute atomic E-state index is 13.2. The maximum atomic E-state index is 13.2. The molecule has 2 aromatic carbocycles. The standard InChI is InChI=1S/C30H30N4O4/c1-32(24-12-14-25(15-13-24)34-16-18-38-19-17-34)29(36)23-10-8-22(9-11-23)27-30(37)33(2)26(28(35)31-27)20-21-6-4-3-5-7-21/h3-8,10-15,20H,9,16-19H2,1-2H3,(H,31,35)/b26-20-,27-22+. The quantitative estimate of drug-likeness (QED) is 0.574. The number of H-pyrrole nitrogens is 1. The highest BCUT2D eigenvalue weighted by molar-refractivity contribution is 6.08. The molecule has 1 saturated heterocycles. The zero-order valence-corrected chi connectivity index (χ0v) is 21.5. The van der Waals surface area contributed by atoms with E-state index < -0.39 is 0 Å². The number of hydrogen-bond acceptors (Lipinski definition) is 5. The van der Waals surface area contributed by atoms with Gasteiger partial charge >= 0.3 is 0 Å². The van der Waals surface area contributed by atoms with Gasteiger partial charge in [0.25, 0.3) is 17.0 Å². The van der Waals surface area contributed by atoms with Crippen molar-refractivity contribution in [2.75, 3.05) is 43.2 Å². The largest absolute Gasteiger partial charge is 0.378 e. The number of anilines is 2. The summed E-state index contributed by atoms with van der Waals surface area (Å²) in [6.07, 6.45) is 7.26. The van der Waals surface area contributed by atoms with Gasteiger partial charge < -0.3 is 24.1 Å². The van der Waals surface area contributed by atoms with E-state index in [0.29, 0.717) is 17.6 Å². The third-order valence-electron chi connectivity index (χ3n) is 6.95. The number of carbonyl (C=O) groups excluding carboxylic acids is 1. The monoisotopic (exact) mass is 510 g/mol. The number of benzene rings is 2. The van der Waals surface area contributed by atoms with E-state index in [4.69, 9.17) is 4.74 Å². The number of aromatic nitrogens is 2. The molecular weight excluding hydrogens is 480 g/mol. The number of ether oxygens (including phenoxy) is 1. The fraction of sp³-hybridized carbons (Fsp3) is 0.233. The van der Waals surface area contributed by atoms with Crippen molar-refractivity contribution in [3.63, 3.8) is 0 Å². The molecule has 5 rings (SSSR count). The molecule has 0 radical (unpaired) electrons. The summed E-state index contributed by atoms with van der Waals surface area (Å²) in [5.41, 5.74) is 3.27. The number of aromatic amines is 1. The van der Waals surface area contributed by atoms with E-state index >= 15 is 0 Å². The molecule has 1 aromatic heterocycles. The van der Waals surface area contributed by atoms with Crippen LogP contribution >= 0.6 is 0 Å². The van der Waals surface area contributed by atoms with Gasteiger partial charge in [0.15, 0.2) is 0 Å². The molecule has 1 aliphatic carbocycles. The average Bonchev–Trinajstić information content (AvgIpc) is 2.97. The Kier molecular flexibility index (Phi) is 7.24. The Morgan fingerprint density at radius 3 is 2.37 bits per heavy atom. The molecular formula is C30H30N4O4. The van der Waals surface area contributed by atoms with Crippen LogP contribution in [0, 0.1) is 0 Å². The van der Waals surface area contributed by atoms with Gasteiger partial charge in [-0.25, -0.2) is 0 Å². The van der Waals surface area contributed by atoms with E-state index in [0.717, 1.165) is 43.2 Å². The molecule has 0 spiro atoms. The van der Waals surface area contributed by atoms with Crippen molar-refractivity contribution in [3.8, 4) is 0 Å². The molecule has 38 heavy (non-hydrogen) atoms. The zero-order valence-electron chi connectivity index (χ0n) is 21.5. The molecule has 2 aliphatic rings.